The summed E-state index contributed by atoms with van der Waals surface area (Å²) in [5.74, 6) is 1.53. The van der Waals surface area contributed by atoms with Gasteiger partial charge in [0.05, 0.1) is 18.2 Å². The molecule has 0 aliphatic carbocycles. The summed E-state index contributed by atoms with van der Waals surface area (Å²) in [7, 11) is 0. The molecule has 0 fully saturated rings. The van der Waals surface area contributed by atoms with Crippen molar-refractivity contribution >= 4 is 11.6 Å². The molecule has 1 aromatic carbocycles. The molecule has 4 nitrogen and oxygen atoms in total. The molecular formula is C15H24ClNO3. The summed E-state index contributed by atoms with van der Waals surface area (Å²) in [6, 6.07) is 3.71. The van der Waals surface area contributed by atoms with Crippen LogP contribution in [-0.2, 0) is 6.42 Å². The summed E-state index contributed by atoms with van der Waals surface area (Å²) in [4.78, 5) is 0. The number of benzene rings is 1. The van der Waals surface area contributed by atoms with Gasteiger partial charge in [0.1, 0.15) is 11.5 Å². The van der Waals surface area contributed by atoms with Gasteiger partial charge >= 0.3 is 0 Å². The Morgan fingerprint density at radius 1 is 1.20 bits per heavy atom. The number of hydrogen-bond donors (Lipinski definition) is 2. The van der Waals surface area contributed by atoms with Crippen LogP contribution in [0.5, 0.6) is 11.5 Å². The summed E-state index contributed by atoms with van der Waals surface area (Å²) in [6.45, 7) is 5.58. The van der Waals surface area contributed by atoms with Gasteiger partial charge in [-0.25, -0.2) is 0 Å². The Morgan fingerprint density at radius 2 is 1.85 bits per heavy atom. The first-order valence-corrected chi connectivity index (χ1v) is 7.42. The van der Waals surface area contributed by atoms with Crippen molar-refractivity contribution in [3.8, 4) is 11.5 Å². The second kappa shape index (κ2) is 9.06. The molecule has 0 aromatic heterocycles. The maximum Gasteiger partial charge on any atom is 0.141 e. The Bertz CT molecular complexity index is 408. The maximum atomic E-state index is 9.19. The molecule has 5 heteroatoms. The molecule has 1 aromatic rings. The third-order valence-electron chi connectivity index (χ3n) is 3.13. The number of aryl methyl sites for hydroxylation is 1. The second-order valence-corrected chi connectivity index (χ2v) is 4.99. The van der Waals surface area contributed by atoms with Gasteiger partial charge in [-0.1, -0.05) is 11.6 Å². The first-order valence-electron chi connectivity index (χ1n) is 7.05. The predicted molar refractivity (Wildman–Crippen MR) is 81.7 cm³/mol. The number of halogens is 1. The van der Waals surface area contributed by atoms with Crippen molar-refractivity contribution in [2.75, 3.05) is 26.4 Å². The predicted octanol–water partition coefficient (Wildman–Crippen LogP) is 2.64. The zero-order valence-electron chi connectivity index (χ0n) is 12.2. The lowest BCUT2D eigenvalue weighted by atomic mass is 9.99. The standard InChI is InChI=1S/C15H24ClNO3/c1-3-19-14-8-15(20-4-2)13(16)7-12(14)6-5-11(9-17)10-18/h7-8,11,18H,3-6,9-10,17H2,1-2H3. The number of ether oxygens (including phenoxy) is 2. The van der Waals surface area contributed by atoms with E-state index < -0.39 is 0 Å². The molecule has 1 rings (SSSR count). The van der Waals surface area contributed by atoms with Crippen LogP contribution in [0.2, 0.25) is 5.02 Å². The summed E-state index contributed by atoms with van der Waals surface area (Å²) in [5.41, 5.74) is 6.62. The average molecular weight is 302 g/mol. The van der Waals surface area contributed by atoms with Crippen LogP contribution in [0, 0.1) is 5.92 Å². The Kier molecular flexibility index (Phi) is 7.73. The molecule has 0 heterocycles. The molecule has 0 spiro atoms. The van der Waals surface area contributed by atoms with E-state index in [9.17, 15) is 5.11 Å². The van der Waals surface area contributed by atoms with Crippen molar-refractivity contribution in [2.45, 2.75) is 26.7 Å². The van der Waals surface area contributed by atoms with Crippen LogP contribution in [0.25, 0.3) is 0 Å². The van der Waals surface area contributed by atoms with Crippen molar-refractivity contribution < 1.29 is 14.6 Å². The van der Waals surface area contributed by atoms with Gasteiger partial charge < -0.3 is 20.3 Å². The Labute approximate surface area is 125 Å². The highest BCUT2D eigenvalue weighted by Crippen LogP contribution is 2.34. The third kappa shape index (κ3) is 4.85. The van der Waals surface area contributed by atoms with Crippen molar-refractivity contribution in [1.82, 2.24) is 0 Å². The summed E-state index contributed by atoms with van der Waals surface area (Å²) < 4.78 is 11.1. The minimum Gasteiger partial charge on any atom is -0.493 e. The van der Waals surface area contributed by atoms with Crippen LogP contribution in [0.15, 0.2) is 12.1 Å². The molecule has 0 saturated carbocycles. The van der Waals surface area contributed by atoms with Crippen LogP contribution in [0.3, 0.4) is 0 Å². The molecule has 0 saturated heterocycles. The molecular weight excluding hydrogens is 278 g/mol. The van der Waals surface area contributed by atoms with E-state index in [-0.39, 0.29) is 12.5 Å². The van der Waals surface area contributed by atoms with Crippen molar-refractivity contribution in [1.29, 1.82) is 0 Å². The van der Waals surface area contributed by atoms with E-state index in [1.165, 1.54) is 0 Å². The molecule has 0 aliphatic heterocycles. The highest BCUT2D eigenvalue weighted by molar-refractivity contribution is 6.32. The third-order valence-corrected chi connectivity index (χ3v) is 3.42. The minimum absolute atomic E-state index is 0.102. The van der Waals surface area contributed by atoms with Crippen molar-refractivity contribution in [3.63, 3.8) is 0 Å². The molecule has 0 radical (unpaired) electrons. The lowest BCUT2D eigenvalue weighted by Gasteiger charge is -2.16. The lowest BCUT2D eigenvalue weighted by Crippen LogP contribution is -2.18. The van der Waals surface area contributed by atoms with Gasteiger partial charge in [-0.3, -0.25) is 0 Å². The van der Waals surface area contributed by atoms with E-state index in [2.05, 4.69) is 0 Å². The first-order chi connectivity index (χ1) is 9.65. The van der Waals surface area contributed by atoms with E-state index in [4.69, 9.17) is 26.8 Å². The zero-order chi connectivity index (χ0) is 15.0. The van der Waals surface area contributed by atoms with Crippen LogP contribution < -0.4 is 15.2 Å². The maximum absolute atomic E-state index is 9.19. The second-order valence-electron chi connectivity index (χ2n) is 4.58. The van der Waals surface area contributed by atoms with Crippen molar-refractivity contribution in [3.05, 3.63) is 22.7 Å². The zero-order valence-corrected chi connectivity index (χ0v) is 12.9. The summed E-state index contributed by atoms with van der Waals surface area (Å²) >= 11 is 6.21. The van der Waals surface area contributed by atoms with Crippen LogP contribution in [-0.4, -0.2) is 31.5 Å². The Morgan fingerprint density at radius 3 is 2.40 bits per heavy atom. The van der Waals surface area contributed by atoms with Gasteiger partial charge in [0.2, 0.25) is 0 Å². The highest BCUT2D eigenvalue weighted by Gasteiger charge is 2.13. The molecule has 20 heavy (non-hydrogen) atoms. The fourth-order valence-electron chi connectivity index (χ4n) is 1.97. The SMILES string of the molecule is CCOc1cc(OCC)c(CCC(CN)CO)cc1Cl. The molecule has 0 bridgehead atoms. The van der Waals surface area contributed by atoms with Crippen LogP contribution >= 0.6 is 11.6 Å². The van der Waals surface area contributed by atoms with Crippen LogP contribution in [0.4, 0.5) is 0 Å². The molecule has 1 atom stereocenters. The Balaban J connectivity index is 2.89. The van der Waals surface area contributed by atoms with E-state index in [1.54, 1.807) is 0 Å². The molecule has 3 N–H and O–H groups in total. The Hall–Kier alpha value is -0.970. The highest BCUT2D eigenvalue weighted by atomic mass is 35.5. The molecule has 1 unspecified atom stereocenters. The minimum atomic E-state index is 0.102. The average Bonchev–Trinajstić information content (AvgIpc) is 2.44. The van der Waals surface area contributed by atoms with Crippen LogP contribution in [0.1, 0.15) is 25.8 Å². The number of hydrogen-bond acceptors (Lipinski definition) is 4. The lowest BCUT2D eigenvalue weighted by molar-refractivity contribution is 0.222. The van der Waals surface area contributed by atoms with Gasteiger partial charge in [0, 0.05) is 12.7 Å². The number of aliphatic hydroxyl groups excluding tert-OH is 1. The van der Waals surface area contributed by atoms with E-state index in [0.717, 1.165) is 24.2 Å². The quantitative estimate of drug-likeness (QED) is 0.736. The number of aliphatic hydroxyl groups is 1. The fourth-order valence-corrected chi connectivity index (χ4v) is 2.21. The van der Waals surface area contributed by atoms with E-state index in [0.29, 0.717) is 30.5 Å². The van der Waals surface area contributed by atoms with Gasteiger partial charge in [0.15, 0.2) is 0 Å². The van der Waals surface area contributed by atoms with Gasteiger partial charge in [0.25, 0.3) is 0 Å². The van der Waals surface area contributed by atoms with Crippen molar-refractivity contribution in [2.24, 2.45) is 11.7 Å². The van der Waals surface area contributed by atoms with E-state index in [1.807, 2.05) is 26.0 Å². The first kappa shape index (κ1) is 17.1. The van der Waals surface area contributed by atoms with Gasteiger partial charge in [-0.2, -0.15) is 0 Å². The largest absolute Gasteiger partial charge is 0.493 e. The van der Waals surface area contributed by atoms with Gasteiger partial charge in [-0.05, 0) is 50.8 Å². The fraction of sp³-hybridized carbons (Fsp3) is 0.600. The monoisotopic (exact) mass is 301 g/mol. The molecule has 114 valence electrons. The topological polar surface area (TPSA) is 64.7 Å². The normalized spacial score (nSPS) is 12.2. The van der Waals surface area contributed by atoms with Gasteiger partial charge in [-0.15, -0.1) is 0 Å². The molecule has 0 aliphatic rings. The number of nitrogens with two attached hydrogens (primary N) is 1. The summed E-state index contributed by atoms with van der Waals surface area (Å²) in [5, 5.41) is 9.77. The molecule has 0 amide bonds. The smallest absolute Gasteiger partial charge is 0.141 e. The van der Waals surface area contributed by atoms with E-state index >= 15 is 0 Å². The number of rotatable bonds is 9. The summed E-state index contributed by atoms with van der Waals surface area (Å²) in [6.07, 6.45) is 1.57.